The fourth-order valence-electron chi connectivity index (χ4n) is 2.23. The second-order valence-corrected chi connectivity index (χ2v) is 5.65. The van der Waals surface area contributed by atoms with Crippen LogP contribution >= 0.6 is 11.3 Å². The zero-order chi connectivity index (χ0) is 14.8. The van der Waals surface area contributed by atoms with E-state index in [0.717, 1.165) is 11.3 Å². The van der Waals surface area contributed by atoms with Crippen molar-refractivity contribution in [3.63, 3.8) is 0 Å². The number of aromatic nitrogens is 1. The van der Waals surface area contributed by atoms with Crippen LogP contribution in [0.5, 0.6) is 0 Å². The molecule has 0 bridgehead atoms. The first-order valence-corrected chi connectivity index (χ1v) is 7.31. The number of aromatic carboxylic acids is 1. The lowest BCUT2D eigenvalue weighted by atomic mass is 10.1. The van der Waals surface area contributed by atoms with Gasteiger partial charge in [0.1, 0.15) is 11.0 Å². The van der Waals surface area contributed by atoms with Gasteiger partial charge >= 0.3 is 5.97 Å². The van der Waals surface area contributed by atoms with Gasteiger partial charge in [-0.1, -0.05) is 18.2 Å². The summed E-state index contributed by atoms with van der Waals surface area (Å²) >= 11 is 1.22. The number of nitrogens with one attached hydrogen (secondary N) is 2. The van der Waals surface area contributed by atoms with Gasteiger partial charge in [-0.3, -0.25) is 4.79 Å². The Hall–Kier alpha value is -2.41. The smallest absolute Gasteiger partial charge is 0.355 e. The first kappa shape index (κ1) is 13.6. The Morgan fingerprint density at radius 1 is 1.43 bits per heavy atom. The van der Waals surface area contributed by atoms with Crippen LogP contribution < -0.4 is 10.6 Å². The number of anilines is 1. The number of rotatable bonds is 4. The second-order valence-electron chi connectivity index (χ2n) is 4.71. The van der Waals surface area contributed by atoms with E-state index in [1.54, 1.807) is 0 Å². The Labute approximate surface area is 124 Å². The third kappa shape index (κ3) is 2.87. The normalized spacial score (nSPS) is 16.1. The molecular weight excluding hydrogens is 290 g/mol. The van der Waals surface area contributed by atoms with Gasteiger partial charge in [0.15, 0.2) is 5.69 Å². The molecule has 0 saturated heterocycles. The van der Waals surface area contributed by atoms with Crippen molar-refractivity contribution < 1.29 is 14.7 Å². The predicted molar refractivity (Wildman–Crippen MR) is 78.5 cm³/mol. The van der Waals surface area contributed by atoms with Crippen molar-refractivity contribution in [1.82, 2.24) is 10.3 Å². The summed E-state index contributed by atoms with van der Waals surface area (Å²) in [5.41, 5.74) is 2.12. The molecule has 0 saturated carbocycles. The molecule has 1 aliphatic heterocycles. The fraction of sp³-hybridized carbons (Fsp3) is 0.214. The molecule has 1 aromatic heterocycles. The van der Waals surface area contributed by atoms with E-state index < -0.39 is 5.97 Å². The maximum absolute atomic E-state index is 12.1. The largest absolute Gasteiger partial charge is 0.476 e. The molecule has 0 aliphatic carbocycles. The molecule has 7 heteroatoms. The van der Waals surface area contributed by atoms with Gasteiger partial charge in [-0.25, -0.2) is 9.78 Å². The highest BCUT2D eigenvalue weighted by Gasteiger charge is 2.26. The number of fused-ring (bicyclic) bond motifs is 1. The molecule has 0 spiro atoms. The highest BCUT2D eigenvalue weighted by atomic mass is 32.1. The lowest BCUT2D eigenvalue weighted by Crippen LogP contribution is -2.38. The number of hydrogen-bond donors (Lipinski definition) is 3. The van der Waals surface area contributed by atoms with Crippen molar-refractivity contribution in [2.24, 2.45) is 0 Å². The van der Waals surface area contributed by atoms with Crippen LogP contribution in [0.15, 0.2) is 29.6 Å². The number of carbonyl (C=O) groups is 2. The summed E-state index contributed by atoms with van der Waals surface area (Å²) in [6.07, 6.45) is 0.653. The van der Waals surface area contributed by atoms with Crippen LogP contribution in [0.4, 0.5) is 5.69 Å². The number of amides is 1. The summed E-state index contributed by atoms with van der Waals surface area (Å²) in [4.78, 5) is 26.8. The number of carbonyl (C=O) groups excluding carboxylic acids is 1. The van der Waals surface area contributed by atoms with E-state index in [0.29, 0.717) is 11.4 Å². The van der Waals surface area contributed by atoms with Gasteiger partial charge in [0.2, 0.25) is 5.91 Å². The van der Waals surface area contributed by atoms with Crippen molar-refractivity contribution in [3.8, 4) is 0 Å². The van der Waals surface area contributed by atoms with Crippen molar-refractivity contribution in [3.05, 3.63) is 45.9 Å². The third-order valence-corrected chi connectivity index (χ3v) is 4.12. The Morgan fingerprint density at radius 3 is 2.95 bits per heavy atom. The van der Waals surface area contributed by atoms with Crippen LogP contribution in [0, 0.1) is 0 Å². The average molecular weight is 303 g/mol. The van der Waals surface area contributed by atoms with E-state index in [9.17, 15) is 9.59 Å². The molecule has 108 valence electrons. The van der Waals surface area contributed by atoms with Crippen molar-refractivity contribution in [1.29, 1.82) is 0 Å². The lowest BCUT2D eigenvalue weighted by molar-refractivity contribution is -0.121. The summed E-state index contributed by atoms with van der Waals surface area (Å²) < 4.78 is 0. The number of hydrogen-bond acceptors (Lipinski definition) is 5. The van der Waals surface area contributed by atoms with Gasteiger partial charge in [-0.2, -0.15) is 0 Å². The van der Waals surface area contributed by atoms with Crippen LogP contribution in [-0.4, -0.2) is 28.0 Å². The lowest BCUT2D eigenvalue weighted by Gasteiger charge is -2.10. The molecule has 3 rings (SSSR count). The number of carboxylic acids is 1. The standard InChI is InChI=1S/C14H13N3O3S/c18-13(10-5-8-3-1-2-4-9(8)16-10)15-6-12-17-11(7-21-12)14(19)20/h1-4,7,10,16H,5-6H2,(H,15,18)(H,19,20)/t10-/m0/s1. The Kier molecular flexibility index (Phi) is 3.57. The zero-order valence-corrected chi connectivity index (χ0v) is 11.8. The molecule has 1 aliphatic rings. The van der Waals surface area contributed by atoms with Crippen molar-refractivity contribution in [2.75, 3.05) is 5.32 Å². The van der Waals surface area contributed by atoms with Gasteiger partial charge in [0, 0.05) is 17.5 Å². The summed E-state index contributed by atoms with van der Waals surface area (Å²) in [6, 6.07) is 7.53. The summed E-state index contributed by atoms with van der Waals surface area (Å²) in [5, 5.41) is 16.8. The highest BCUT2D eigenvalue weighted by Crippen LogP contribution is 2.25. The van der Waals surface area contributed by atoms with Gasteiger partial charge in [0.25, 0.3) is 0 Å². The topological polar surface area (TPSA) is 91.3 Å². The van der Waals surface area contributed by atoms with Gasteiger partial charge in [0.05, 0.1) is 6.54 Å². The van der Waals surface area contributed by atoms with E-state index in [4.69, 9.17) is 5.11 Å². The SMILES string of the molecule is O=C(O)c1csc(CNC(=O)[C@@H]2Cc3ccccc3N2)n1. The first-order valence-electron chi connectivity index (χ1n) is 6.43. The van der Waals surface area contributed by atoms with Gasteiger partial charge in [-0.15, -0.1) is 11.3 Å². The van der Waals surface area contributed by atoms with Gasteiger partial charge in [-0.05, 0) is 11.6 Å². The minimum Gasteiger partial charge on any atom is -0.476 e. The highest BCUT2D eigenvalue weighted by molar-refractivity contribution is 7.09. The molecule has 2 aromatic rings. The molecule has 0 unspecified atom stereocenters. The molecule has 1 amide bonds. The summed E-state index contributed by atoms with van der Waals surface area (Å²) in [7, 11) is 0. The minimum absolute atomic E-state index is 0.00986. The van der Waals surface area contributed by atoms with E-state index in [1.807, 2.05) is 24.3 Å². The molecule has 0 radical (unpaired) electrons. The van der Waals surface area contributed by atoms with E-state index in [-0.39, 0.29) is 24.2 Å². The monoisotopic (exact) mass is 303 g/mol. The quantitative estimate of drug-likeness (QED) is 0.796. The number of benzene rings is 1. The Balaban J connectivity index is 1.57. The predicted octanol–water partition coefficient (Wildman–Crippen LogP) is 1.49. The maximum atomic E-state index is 12.1. The molecule has 1 atom stereocenters. The summed E-state index contributed by atoms with van der Waals surface area (Å²) in [6.45, 7) is 0.241. The van der Waals surface area contributed by atoms with Crippen LogP contribution in [0.3, 0.4) is 0 Å². The number of carboxylic acid groups (broad SMARTS) is 1. The zero-order valence-electron chi connectivity index (χ0n) is 11.0. The van der Waals surface area contributed by atoms with E-state index in [2.05, 4.69) is 15.6 Å². The van der Waals surface area contributed by atoms with Crippen LogP contribution in [0.1, 0.15) is 21.1 Å². The molecular formula is C14H13N3O3S. The Morgan fingerprint density at radius 2 is 2.24 bits per heavy atom. The third-order valence-electron chi connectivity index (χ3n) is 3.27. The molecule has 1 aromatic carbocycles. The molecule has 0 fully saturated rings. The van der Waals surface area contributed by atoms with Crippen molar-refractivity contribution >= 4 is 28.9 Å². The van der Waals surface area contributed by atoms with Crippen LogP contribution in [0.2, 0.25) is 0 Å². The Bertz CT molecular complexity index is 673. The average Bonchev–Trinajstić information content (AvgIpc) is 3.11. The minimum atomic E-state index is -1.06. The maximum Gasteiger partial charge on any atom is 0.355 e. The van der Waals surface area contributed by atoms with E-state index >= 15 is 0 Å². The van der Waals surface area contributed by atoms with Crippen LogP contribution in [0.25, 0.3) is 0 Å². The first-order chi connectivity index (χ1) is 10.1. The number of nitrogens with zero attached hydrogens (tertiary/aromatic N) is 1. The summed E-state index contributed by atoms with van der Waals surface area (Å²) in [5.74, 6) is -1.17. The molecule has 3 N–H and O–H groups in total. The van der Waals surface area contributed by atoms with Crippen LogP contribution in [-0.2, 0) is 17.8 Å². The molecule has 2 heterocycles. The second kappa shape index (κ2) is 5.53. The fourth-order valence-corrected chi connectivity index (χ4v) is 2.94. The number of para-hydroxylation sites is 1. The van der Waals surface area contributed by atoms with E-state index in [1.165, 1.54) is 16.7 Å². The van der Waals surface area contributed by atoms with Crippen molar-refractivity contribution in [2.45, 2.75) is 19.0 Å². The molecule has 21 heavy (non-hydrogen) atoms. The van der Waals surface area contributed by atoms with Gasteiger partial charge < -0.3 is 15.7 Å². The number of thiazole rings is 1. The molecule has 6 nitrogen and oxygen atoms in total.